The van der Waals surface area contributed by atoms with E-state index in [0.717, 1.165) is 15.9 Å². The number of aromatic hydroxyl groups is 1. The first-order valence-electron chi connectivity index (χ1n) is 7.55. The number of thiazole rings is 1. The summed E-state index contributed by atoms with van der Waals surface area (Å²) in [6.07, 6.45) is 1.43. The summed E-state index contributed by atoms with van der Waals surface area (Å²) < 4.78 is 13.6. The van der Waals surface area contributed by atoms with Gasteiger partial charge in [0.25, 0.3) is 0 Å². The third-order valence-corrected chi connectivity index (χ3v) is 6.23. The van der Waals surface area contributed by atoms with Crippen LogP contribution >= 0.6 is 18.5 Å². The highest BCUT2D eigenvalue weighted by Crippen LogP contribution is 2.40. The van der Waals surface area contributed by atoms with Gasteiger partial charge in [-0.2, -0.15) is 0 Å². The molecule has 126 valence electrons. The van der Waals surface area contributed by atoms with Crippen LogP contribution in [0.5, 0.6) is 5.75 Å². The second-order valence-corrected chi connectivity index (χ2v) is 10.2. The average Bonchev–Trinajstić information content (AvgIpc) is 3.01. The van der Waals surface area contributed by atoms with E-state index < -0.39 is 7.14 Å². The van der Waals surface area contributed by atoms with E-state index in [2.05, 4.69) is 20.3 Å². The summed E-state index contributed by atoms with van der Waals surface area (Å²) in [6, 6.07) is 9.14. The van der Waals surface area contributed by atoms with E-state index in [0.29, 0.717) is 22.0 Å². The molecule has 2 N–H and O–H groups in total. The summed E-state index contributed by atoms with van der Waals surface area (Å²) in [5.74, 6) is 0.587. The van der Waals surface area contributed by atoms with Crippen molar-refractivity contribution in [1.82, 2.24) is 15.0 Å². The van der Waals surface area contributed by atoms with Crippen LogP contribution in [0.1, 0.15) is 0 Å². The summed E-state index contributed by atoms with van der Waals surface area (Å²) in [6.45, 7) is 3.25. The van der Waals surface area contributed by atoms with Crippen LogP contribution in [0, 0.1) is 0 Å². The maximum absolute atomic E-state index is 12.4. The van der Waals surface area contributed by atoms with Gasteiger partial charge in [0.2, 0.25) is 0 Å². The molecule has 0 bridgehead atoms. The number of phenols is 1. The molecule has 8 heteroatoms. The molecule has 0 fully saturated rings. The van der Waals surface area contributed by atoms with E-state index in [9.17, 15) is 9.67 Å². The third kappa shape index (κ3) is 2.97. The van der Waals surface area contributed by atoms with Crippen LogP contribution in [0.4, 0.5) is 11.5 Å². The standard InChI is InChI=1S/C17H15N4O2PS/c1-24(2,23)15-6-11-12(7-14(15)22)18-8-19-17(11)21-10-3-4-16-13(5-10)20-9-25-16/h3-9,22H,1-2H3,(H,18,19,21). The van der Waals surface area contributed by atoms with Crippen LogP contribution in [0.15, 0.2) is 42.2 Å². The Kier molecular flexibility index (Phi) is 3.71. The van der Waals surface area contributed by atoms with E-state index in [1.807, 2.05) is 23.7 Å². The topological polar surface area (TPSA) is 88.0 Å². The van der Waals surface area contributed by atoms with E-state index in [1.54, 1.807) is 30.7 Å². The highest BCUT2D eigenvalue weighted by atomic mass is 32.1. The van der Waals surface area contributed by atoms with Crippen molar-refractivity contribution >= 4 is 56.4 Å². The van der Waals surface area contributed by atoms with E-state index in [1.165, 1.54) is 12.4 Å². The van der Waals surface area contributed by atoms with Gasteiger partial charge in [-0.15, -0.1) is 11.3 Å². The van der Waals surface area contributed by atoms with Crippen molar-refractivity contribution in [3.8, 4) is 5.75 Å². The van der Waals surface area contributed by atoms with Crippen molar-refractivity contribution in [1.29, 1.82) is 0 Å². The lowest BCUT2D eigenvalue weighted by molar-refractivity contribution is 0.479. The average molecular weight is 370 g/mol. The van der Waals surface area contributed by atoms with Gasteiger partial charge in [-0.25, -0.2) is 15.0 Å². The highest BCUT2D eigenvalue weighted by Gasteiger charge is 2.18. The summed E-state index contributed by atoms with van der Waals surface area (Å²) in [4.78, 5) is 12.8. The third-order valence-electron chi connectivity index (χ3n) is 3.90. The van der Waals surface area contributed by atoms with Gasteiger partial charge in [0, 0.05) is 17.1 Å². The maximum atomic E-state index is 12.4. The van der Waals surface area contributed by atoms with E-state index in [-0.39, 0.29) is 5.75 Å². The zero-order valence-corrected chi connectivity index (χ0v) is 15.3. The van der Waals surface area contributed by atoms with Crippen molar-refractivity contribution < 1.29 is 9.67 Å². The normalized spacial score (nSPS) is 11.9. The molecule has 0 spiro atoms. The smallest absolute Gasteiger partial charge is 0.141 e. The van der Waals surface area contributed by atoms with Crippen LogP contribution < -0.4 is 10.6 Å². The number of fused-ring (bicyclic) bond motifs is 2. The van der Waals surface area contributed by atoms with Crippen molar-refractivity contribution in [2.24, 2.45) is 0 Å². The summed E-state index contributed by atoms with van der Waals surface area (Å²) in [5, 5.41) is 14.6. The molecule has 0 aliphatic carbocycles. The molecular weight excluding hydrogens is 355 g/mol. The van der Waals surface area contributed by atoms with Crippen LogP contribution in [-0.4, -0.2) is 33.4 Å². The Morgan fingerprint density at radius 2 is 1.92 bits per heavy atom. The van der Waals surface area contributed by atoms with Crippen molar-refractivity contribution in [2.75, 3.05) is 18.6 Å². The minimum atomic E-state index is -2.63. The molecular formula is C17H15N4O2PS. The lowest BCUT2D eigenvalue weighted by atomic mass is 10.2. The molecule has 0 radical (unpaired) electrons. The second-order valence-electron chi connectivity index (χ2n) is 6.09. The Labute approximate surface area is 148 Å². The Morgan fingerprint density at radius 3 is 2.72 bits per heavy atom. The molecule has 0 saturated heterocycles. The Morgan fingerprint density at radius 1 is 1.08 bits per heavy atom. The zero-order valence-electron chi connectivity index (χ0n) is 13.6. The lowest BCUT2D eigenvalue weighted by Crippen LogP contribution is -2.05. The molecule has 0 aliphatic rings. The molecule has 4 rings (SSSR count). The number of aromatic nitrogens is 3. The number of nitrogens with one attached hydrogen (secondary N) is 1. The van der Waals surface area contributed by atoms with E-state index in [4.69, 9.17) is 0 Å². The molecule has 2 aromatic heterocycles. The number of anilines is 2. The zero-order chi connectivity index (χ0) is 17.6. The van der Waals surface area contributed by atoms with Gasteiger partial charge in [-0.3, -0.25) is 0 Å². The number of hydrogen-bond acceptors (Lipinski definition) is 7. The maximum Gasteiger partial charge on any atom is 0.141 e. The lowest BCUT2D eigenvalue weighted by Gasteiger charge is -2.13. The number of phenolic OH excluding ortho intramolecular Hbond substituents is 1. The fourth-order valence-electron chi connectivity index (χ4n) is 2.68. The first kappa shape index (κ1) is 16.0. The van der Waals surface area contributed by atoms with Gasteiger partial charge in [0.05, 0.1) is 26.5 Å². The van der Waals surface area contributed by atoms with Crippen LogP contribution in [0.3, 0.4) is 0 Å². The Balaban J connectivity index is 1.84. The largest absolute Gasteiger partial charge is 0.507 e. The molecule has 6 nitrogen and oxygen atoms in total. The van der Waals surface area contributed by atoms with Gasteiger partial charge in [0.15, 0.2) is 0 Å². The Hall–Kier alpha value is -2.50. The minimum Gasteiger partial charge on any atom is -0.507 e. The molecule has 25 heavy (non-hydrogen) atoms. The summed E-state index contributed by atoms with van der Waals surface area (Å²) in [5.41, 5.74) is 4.16. The van der Waals surface area contributed by atoms with Gasteiger partial charge >= 0.3 is 0 Å². The second kappa shape index (κ2) is 5.79. The first-order valence-corrected chi connectivity index (χ1v) is 11.0. The number of hydrogen-bond donors (Lipinski definition) is 2. The van der Waals surface area contributed by atoms with E-state index >= 15 is 0 Å². The van der Waals surface area contributed by atoms with Crippen molar-refractivity contribution in [2.45, 2.75) is 0 Å². The molecule has 0 unspecified atom stereocenters. The van der Waals surface area contributed by atoms with Gasteiger partial charge in [-0.05, 0) is 37.6 Å². The van der Waals surface area contributed by atoms with Crippen LogP contribution in [0.25, 0.3) is 21.1 Å². The number of rotatable bonds is 3. The summed E-state index contributed by atoms with van der Waals surface area (Å²) >= 11 is 1.59. The van der Waals surface area contributed by atoms with Gasteiger partial charge in [0.1, 0.15) is 25.0 Å². The quantitative estimate of drug-likeness (QED) is 0.531. The van der Waals surface area contributed by atoms with Crippen LogP contribution in [-0.2, 0) is 4.57 Å². The molecule has 0 saturated carbocycles. The van der Waals surface area contributed by atoms with Gasteiger partial charge in [-0.1, -0.05) is 0 Å². The SMILES string of the molecule is CP(C)(=O)c1cc2c(Nc3ccc4scnc4c3)ncnc2cc1O. The molecule has 0 aliphatic heterocycles. The van der Waals surface area contributed by atoms with Gasteiger partial charge < -0.3 is 15.0 Å². The molecule has 0 amide bonds. The number of nitrogens with zero attached hydrogens (tertiary/aromatic N) is 3. The minimum absolute atomic E-state index is 0.00521. The molecule has 2 heterocycles. The molecule has 2 aromatic carbocycles. The van der Waals surface area contributed by atoms with Crippen molar-refractivity contribution in [3.05, 3.63) is 42.2 Å². The Bertz CT molecular complexity index is 1150. The molecule has 4 aromatic rings. The highest BCUT2D eigenvalue weighted by molar-refractivity contribution is 7.70. The fraction of sp³-hybridized carbons (Fsp3) is 0.118. The molecule has 0 atom stereocenters. The van der Waals surface area contributed by atoms with Crippen molar-refractivity contribution in [3.63, 3.8) is 0 Å². The predicted molar refractivity (Wildman–Crippen MR) is 103 cm³/mol. The monoisotopic (exact) mass is 370 g/mol. The number of benzene rings is 2. The van der Waals surface area contributed by atoms with Crippen LogP contribution in [0.2, 0.25) is 0 Å². The predicted octanol–water partition coefficient (Wildman–Crippen LogP) is 3.94. The fourth-order valence-corrected chi connectivity index (χ4v) is 4.40. The summed E-state index contributed by atoms with van der Waals surface area (Å²) in [7, 11) is -2.63. The first-order chi connectivity index (χ1) is 11.9.